The SMILES string of the molecule is Cc1c(C#N)cnc2[nH]cc(Cl)c12. The molecule has 0 fully saturated rings. The van der Waals surface area contributed by atoms with Crippen molar-refractivity contribution in [3.05, 3.63) is 28.5 Å². The predicted octanol–water partition coefficient (Wildman–Crippen LogP) is 2.40. The molecule has 2 rings (SSSR count). The molecule has 3 nitrogen and oxygen atoms in total. The molecule has 0 saturated heterocycles. The Bertz CT molecular complexity index is 507. The first-order chi connectivity index (χ1) is 6.24. The number of hydrogen-bond acceptors (Lipinski definition) is 2. The highest BCUT2D eigenvalue weighted by Crippen LogP contribution is 2.26. The third-order valence-corrected chi connectivity index (χ3v) is 2.33. The van der Waals surface area contributed by atoms with Gasteiger partial charge in [-0.15, -0.1) is 0 Å². The van der Waals surface area contributed by atoms with E-state index >= 15 is 0 Å². The molecule has 0 aliphatic carbocycles. The van der Waals surface area contributed by atoms with Gasteiger partial charge in [-0.25, -0.2) is 4.98 Å². The number of nitrogens with zero attached hydrogens (tertiary/aromatic N) is 2. The summed E-state index contributed by atoms with van der Waals surface area (Å²) in [7, 11) is 0. The first-order valence-corrected chi connectivity index (χ1v) is 4.14. The molecule has 0 unspecified atom stereocenters. The summed E-state index contributed by atoms with van der Waals surface area (Å²) in [4.78, 5) is 7.00. The standard InChI is InChI=1S/C9H6ClN3/c1-5-6(2-11)3-12-9-8(5)7(10)4-13-9/h3-4H,1H3,(H,12,13). The van der Waals surface area contributed by atoms with E-state index in [2.05, 4.69) is 16.0 Å². The van der Waals surface area contributed by atoms with Gasteiger partial charge in [0.05, 0.1) is 10.6 Å². The van der Waals surface area contributed by atoms with E-state index in [-0.39, 0.29) is 0 Å². The number of H-pyrrole nitrogens is 1. The molecular weight excluding hydrogens is 186 g/mol. The van der Waals surface area contributed by atoms with Crippen LogP contribution in [0.5, 0.6) is 0 Å². The molecule has 0 bridgehead atoms. The van der Waals surface area contributed by atoms with Gasteiger partial charge in [-0.05, 0) is 12.5 Å². The highest BCUT2D eigenvalue weighted by Gasteiger charge is 2.08. The van der Waals surface area contributed by atoms with E-state index in [4.69, 9.17) is 16.9 Å². The molecule has 0 saturated carbocycles. The average Bonchev–Trinajstić information content (AvgIpc) is 2.49. The molecule has 0 atom stereocenters. The number of aromatic amines is 1. The lowest BCUT2D eigenvalue weighted by atomic mass is 10.1. The lowest BCUT2D eigenvalue weighted by Crippen LogP contribution is -1.86. The number of aryl methyl sites for hydroxylation is 1. The van der Waals surface area contributed by atoms with Crippen LogP contribution in [0.15, 0.2) is 12.4 Å². The molecule has 64 valence electrons. The van der Waals surface area contributed by atoms with Gasteiger partial charge in [-0.3, -0.25) is 0 Å². The maximum atomic E-state index is 8.76. The molecule has 2 aromatic rings. The van der Waals surface area contributed by atoms with Crippen LogP contribution < -0.4 is 0 Å². The lowest BCUT2D eigenvalue weighted by Gasteiger charge is -1.97. The van der Waals surface area contributed by atoms with Crippen LogP contribution in [0.3, 0.4) is 0 Å². The van der Waals surface area contributed by atoms with Gasteiger partial charge in [0, 0.05) is 17.8 Å². The van der Waals surface area contributed by atoms with Crippen LogP contribution in [-0.4, -0.2) is 9.97 Å². The summed E-state index contributed by atoms with van der Waals surface area (Å²) in [6.45, 7) is 1.86. The van der Waals surface area contributed by atoms with Crippen molar-refractivity contribution in [2.45, 2.75) is 6.92 Å². The van der Waals surface area contributed by atoms with E-state index in [0.717, 1.165) is 16.6 Å². The van der Waals surface area contributed by atoms with E-state index in [1.165, 1.54) is 0 Å². The summed E-state index contributed by atoms with van der Waals surface area (Å²) in [6.07, 6.45) is 3.22. The largest absolute Gasteiger partial charge is 0.345 e. The molecule has 2 aromatic heterocycles. The topological polar surface area (TPSA) is 52.5 Å². The van der Waals surface area contributed by atoms with Crippen molar-refractivity contribution in [2.75, 3.05) is 0 Å². The molecule has 0 aliphatic rings. The Balaban J connectivity index is 2.93. The molecule has 2 heterocycles. The van der Waals surface area contributed by atoms with Crippen molar-refractivity contribution in [1.82, 2.24) is 9.97 Å². The van der Waals surface area contributed by atoms with Crippen LogP contribution in [0.25, 0.3) is 11.0 Å². The van der Waals surface area contributed by atoms with Crippen molar-refractivity contribution in [3.8, 4) is 6.07 Å². The molecule has 0 aromatic carbocycles. The summed E-state index contributed by atoms with van der Waals surface area (Å²) in [6, 6.07) is 2.07. The average molecular weight is 192 g/mol. The summed E-state index contributed by atoms with van der Waals surface area (Å²) >= 11 is 5.93. The van der Waals surface area contributed by atoms with Gasteiger partial charge < -0.3 is 4.98 Å². The van der Waals surface area contributed by atoms with Crippen LogP contribution in [0, 0.1) is 18.3 Å². The van der Waals surface area contributed by atoms with Crippen molar-refractivity contribution in [2.24, 2.45) is 0 Å². The second kappa shape index (κ2) is 2.75. The summed E-state index contributed by atoms with van der Waals surface area (Å²) < 4.78 is 0. The smallest absolute Gasteiger partial charge is 0.139 e. The third-order valence-electron chi connectivity index (χ3n) is 2.03. The summed E-state index contributed by atoms with van der Waals surface area (Å²) in [5, 5.41) is 10.2. The maximum Gasteiger partial charge on any atom is 0.139 e. The Kier molecular flexibility index (Phi) is 1.71. The first kappa shape index (κ1) is 8.09. The van der Waals surface area contributed by atoms with Gasteiger partial charge in [0.15, 0.2) is 0 Å². The molecule has 0 amide bonds. The van der Waals surface area contributed by atoms with Crippen LogP contribution in [-0.2, 0) is 0 Å². The second-order valence-corrected chi connectivity index (χ2v) is 3.18. The Morgan fingerprint density at radius 1 is 1.62 bits per heavy atom. The molecule has 1 N–H and O–H groups in total. The maximum absolute atomic E-state index is 8.76. The highest BCUT2D eigenvalue weighted by atomic mass is 35.5. The number of nitriles is 1. The fraction of sp³-hybridized carbons (Fsp3) is 0.111. The number of halogens is 1. The number of fused-ring (bicyclic) bond motifs is 1. The number of hydrogen-bond donors (Lipinski definition) is 1. The zero-order chi connectivity index (χ0) is 9.42. The Morgan fingerprint density at radius 2 is 2.38 bits per heavy atom. The quantitative estimate of drug-likeness (QED) is 0.695. The fourth-order valence-corrected chi connectivity index (χ4v) is 1.61. The van der Waals surface area contributed by atoms with Gasteiger partial charge >= 0.3 is 0 Å². The minimum atomic E-state index is 0.564. The molecule has 13 heavy (non-hydrogen) atoms. The summed E-state index contributed by atoms with van der Waals surface area (Å²) in [5.41, 5.74) is 2.16. The van der Waals surface area contributed by atoms with E-state index in [9.17, 15) is 0 Å². The molecule has 0 radical (unpaired) electrons. The van der Waals surface area contributed by atoms with Crippen molar-refractivity contribution in [3.63, 3.8) is 0 Å². The predicted molar refractivity (Wildman–Crippen MR) is 50.6 cm³/mol. The molecule has 0 spiro atoms. The second-order valence-electron chi connectivity index (χ2n) is 2.77. The number of rotatable bonds is 0. The van der Waals surface area contributed by atoms with Gasteiger partial charge in [-0.2, -0.15) is 5.26 Å². The van der Waals surface area contributed by atoms with Gasteiger partial charge in [-0.1, -0.05) is 11.6 Å². The van der Waals surface area contributed by atoms with Crippen molar-refractivity contribution < 1.29 is 0 Å². The number of nitrogens with one attached hydrogen (secondary N) is 1. The van der Waals surface area contributed by atoms with Gasteiger partial charge in [0.2, 0.25) is 0 Å². The van der Waals surface area contributed by atoms with Crippen LogP contribution >= 0.6 is 11.6 Å². The monoisotopic (exact) mass is 191 g/mol. The lowest BCUT2D eigenvalue weighted by molar-refractivity contribution is 1.28. The highest BCUT2D eigenvalue weighted by molar-refractivity contribution is 6.35. The molecular formula is C9H6ClN3. The molecule has 0 aliphatic heterocycles. The normalized spacial score (nSPS) is 10.2. The fourth-order valence-electron chi connectivity index (χ4n) is 1.32. The van der Waals surface area contributed by atoms with E-state index in [1.54, 1.807) is 12.4 Å². The first-order valence-electron chi connectivity index (χ1n) is 3.76. The Hall–Kier alpha value is -1.53. The van der Waals surface area contributed by atoms with E-state index in [1.807, 2.05) is 6.92 Å². The summed E-state index contributed by atoms with van der Waals surface area (Å²) in [5.74, 6) is 0. The third kappa shape index (κ3) is 1.07. The van der Waals surface area contributed by atoms with Crippen molar-refractivity contribution in [1.29, 1.82) is 5.26 Å². The molecule has 4 heteroatoms. The Labute approximate surface area is 80.0 Å². The minimum Gasteiger partial charge on any atom is -0.345 e. The van der Waals surface area contributed by atoms with E-state index in [0.29, 0.717) is 10.6 Å². The van der Waals surface area contributed by atoms with Gasteiger partial charge in [0.25, 0.3) is 0 Å². The Morgan fingerprint density at radius 3 is 3.08 bits per heavy atom. The van der Waals surface area contributed by atoms with E-state index < -0.39 is 0 Å². The zero-order valence-electron chi connectivity index (χ0n) is 6.93. The van der Waals surface area contributed by atoms with Crippen LogP contribution in [0.2, 0.25) is 5.02 Å². The van der Waals surface area contributed by atoms with Crippen molar-refractivity contribution >= 4 is 22.6 Å². The number of aromatic nitrogens is 2. The zero-order valence-corrected chi connectivity index (χ0v) is 7.68. The minimum absolute atomic E-state index is 0.564. The number of pyridine rings is 1. The van der Waals surface area contributed by atoms with Gasteiger partial charge in [0.1, 0.15) is 11.7 Å². The van der Waals surface area contributed by atoms with Crippen LogP contribution in [0.4, 0.5) is 0 Å². The van der Waals surface area contributed by atoms with Crippen LogP contribution in [0.1, 0.15) is 11.1 Å².